The van der Waals surface area contributed by atoms with Gasteiger partial charge in [-0.05, 0) is 56.0 Å². The largest absolute Gasteiger partial charge is 0.339 e. The molecule has 0 radical (unpaired) electrons. The molecule has 0 N–H and O–H groups in total. The molecule has 154 valence electrons. The normalized spacial score (nSPS) is 15.1. The summed E-state index contributed by atoms with van der Waals surface area (Å²) in [5, 5.41) is 0. The summed E-state index contributed by atoms with van der Waals surface area (Å²) in [6, 6.07) is 12.3. The summed E-state index contributed by atoms with van der Waals surface area (Å²) >= 11 is 0. The van der Waals surface area contributed by atoms with E-state index in [1.165, 1.54) is 11.1 Å². The molecule has 2 aromatic heterocycles. The average molecular weight is 401 g/mol. The molecule has 1 fully saturated rings. The zero-order valence-electron chi connectivity index (χ0n) is 17.7. The van der Waals surface area contributed by atoms with Gasteiger partial charge in [-0.15, -0.1) is 0 Å². The molecule has 0 unspecified atom stereocenters. The van der Waals surface area contributed by atoms with Crippen LogP contribution in [0.5, 0.6) is 0 Å². The van der Waals surface area contributed by atoms with Crippen molar-refractivity contribution in [2.45, 2.75) is 39.2 Å². The van der Waals surface area contributed by atoms with Crippen LogP contribution in [0.25, 0.3) is 6.08 Å². The Labute approximate surface area is 178 Å². The van der Waals surface area contributed by atoms with Gasteiger partial charge in [0.25, 0.3) is 0 Å². The van der Waals surface area contributed by atoms with Crippen molar-refractivity contribution in [3.8, 4) is 0 Å². The van der Waals surface area contributed by atoms with Crippen molar-refractivity contribution in [2.24, 2.45) is 0 Å². The summed E-state index contributed by atoms with van der Waals surface area (Å²) in [4.78, 5) is 23.7. The van der Waals surface area contributed by atoms with Gasteiger partial charge in [0.05, 0.1) is 12.2 Å². The summed E-state index contributed by atoms with van der Waals surface area (Å²) in [5.74, 6) is 1.56. The van der Waals surface area contributed by atoms with E-state index in [1.54, 1.807) is 6.08 Å². The SMILES string of the molecule is Cc1ccc(C)c(C=CC(=O)N2CCC(c3nccn3Cc3ccccn3)CC2)c1. The maximum atomic E-state index is 12.7. The first-order valence-electron chi connectivity index (χ1n) is 10.6. The predicted molar refractivity (Wildman–Crippen MR) is 119 cm³/mol. The van der Waals surface area contributed by atoms with Crippen LogP contribution in [-0.4, -0.2) is 38.4 Å². The number of benzene rings is 1. The van der Waals surface area contributed by atoms with E-state index in [-0.39, 0.29) is 5.91 Å². The number of likely N-dealkylation sites (tertiary alicyclic amines) is 1. The molecule has 4 rings (SSSR count). The molecule has 0 bridgehead atoms. The zero-order chi connectivity index (χ0) is 20.9. The lowest BCUT2D eigenvalue weighted by atomic mass is 9.95. The number of hydrogen-bond donors (Lipinski definition) is 0. The number of nitrogens with zero attached hydrogens (tertiary/aromatic N) is 4. The highest BCUT2D eigenvalue weighted by Gasteiger charge is 2.25. The van der Waals surface area contributed by atoms with Gasteiger partial charge < -0.3 is 9.47 Å². The van der Waals surface area contributed by atoms with Crippen LogP contribution in [0.3, 0.4) is 0 Å². The van der Waals surface area contributed by atoms with Crippen LogP contribution in [0.2, 0.25) is 0 Å². The molecular weight excluding hydrogens is 372 g/mol. The van der Waals surface area contributed by atoms with Gasteiger partial charge >= 0.3 is 0 Å². The summed E-state index contributed by atoms with van der Waals surface area (Å²) in [6.45, 7) is 6.39. The van der Waals surface area contributed by atoms with E-state index >= 15 is 0 Å². The maximum Gasteiger partial charge on any atom is 0.246 e. The number of amides is 1. The van der Waals surface area contributed by atoms with Gasteiger partial charge in [-0.3, -0.25) is 9.78 Å². The second-order valence-electron chi connectivity index (χ2n) is 8.03. The van der Waals surface area contributed by atoms with Crippen LogP contribution >= 0.6 is 0 Å². The number of carbonyl (C=O) groups is 1. The van der Waals surface area contributed by atoms with E-state index < -0.39 is 0 Å². The van der Waals surface area contributed by atoms with Crippen molar-refractivity contribution in [2.75, 3.05) is 13.1 Å². The van der Waals surface area contributed by atoms with E-state index in [2.05, 4.69) is 46.6 Å². The van der Waals surface area contributed by atoms with E-state index in [4.69, 9.17) is 0 Å². The molecule has 1 aliphatic rings. The molecule has 1 amide bonds. The highest BCUT2D eigenvalue weighted by molar-refractivity contribution is 5.92. The number of hydrogen-bond acceptors (Lipinski definition) is 3. The predicted octanol–water partition coefficient (Wildman–Crippen LogP) is 4.36. The summed E-state index contributed by atoms with van der Waals surface area (Å²) < 4.78 is 2.19. The van der Waals surface area contributed by atoms with Gasteiger partial charge in [0.2, 0.25) is 5.91 Å². The first kappa shape index (κ1) is 20.1. The van der Waals surface area contributed by atoms with Gasteiger partial charge in [-0.1, -0.05) is 29.8 Å². The number of aryl methyl sites for hydroxylation is 2. The maximum absolute atomic E-state index is 12.7. The third-order valence-electron chi connectivity index (χ3n) is 5.82. The highest BCUT2D eigenvalue weighted by atomic mass is 16.2. The molecule has 3 heterocycles. The molecule has 5 nitrogen and oxygen atoms in total. The smallest absolute Gasteiger partial charge is 0.246 e. The van der Waals surface area contributed by atoms with Crippen molar-refractivity contribution in [1.29, 1.82) is 0 Å². The highest BCUT2D eigenvalue weighted by Crippen LogP contribution is 2.27. The van der Waals surface area contributed by atoms with Crippen LogP contribution in [0, 0.1) is 13.8 Å². The Morgan fingerprint density at radius 1 is 1.10 bits per heavy atom. The standard InChI is InChI=1S/C25H28N4O/c1-19-6-7-20(2)22(17-19)8-9-24(30)28-14-10-21(11-15-28)25-27-13-16-29(25)18-23-5-3-4-12-26-23/h3-9,12-13,16-17,21H,10-11,14-15,18H2,1-2H3. The molecule has 1 aliphatic heterocycles. The number of carbonyl (C=O) groups excluding carboxylic acids is 1. The number of aromatic nitrogens is 3. The Balaban J connectivity index is 1.36. The van der Waals surface area contributed by atoms with Crippen LogP contribution in [0.1, 0.15) is 47.0 Å². The topological polar surface area (TPSA) is 51.0 Å². The molecule has 0 aliphatic carbocycles. The van der Waals surface area contributed by atoms with E-state index in [0.717, 1.165) is 49.6 Å². The molecule has 1 aromatic carbocycles. The lowest BCUT2D eigenvalue weighted by molar-refractivity contribution is -0.127. The van der Waals surface area contributed by atoms with Crippen LogP contribution in [-0.2, 0) is 11.3 Å². The van der Waals surface area contributed by atoms with Gasteiger partial charge in [0.1, 0.15) is 5.82 Å². The Morgan fingerprint density at radius 3 is 2.70 bits per heavy atom. The Hall–Kier alpha value is -3.21. The van der Waals surface area contributed by atoms with E-state index in [1.807, 2.05) is 47.8 Å². The lowest BCUT2D eigenvalue weighted by Gasteiger charge is -2.31. The third kappa shape index (κ3) is 4.67. The van der Waals surface area contributed by atoms with Gasteiger partial charge in [-0.2, -0.15) is 0 Å². The monoisotopic (exact) mass is 400 g/mol. The molecule has 3 aromatic rings. The fourth-order valence-electron chi connectivity index (χ4n) is 4.04. The number of piperidine rings is 1. The Kier molecular flexibility index (Phi) is 6.07. The second-order valence-corrected chi connectivity index (χ2v) is 8.03. The third-order valence-corrected chi connectivity index (χ3v) is 5.82. The first-order chi connectivity index (χ1) is 14.6. The molecule has 30 heavy (non-hydrogen) atoms. The van der Waals surface area contributed by atoms with Crippen LogP contribution in [0.4, 0.5) is 0 Å². The van der Waals surface area contributed by atoms with Crippen molar-refractivity contribution in [1.82, 2.24) is 19.4 Å². The van der Waals surface area contributed by atoms with Crippen molar-refractivity contribution < 1.29 is 4.79 Å². The fourth-order valence-corrected chi connectivity index (χ4v) is 4.04. The van der Waals surface area contributed by atoms with Gasteiger partial charge in [0, 0.05) is 43.7 Å². The number of pyridine rings is 1. The zero-order valence-corrected chi connectivity index (χ0v) is 17.7. The first-order valence-corrected chi connectivity index (χ1v) is 10.6. The summed E-state index contributed by atoms with van der Waals surface area (Å²) in [6.07, 6.45) is 11.2. The van der Waals surface area contributed by atoms with Gasteiger partial charge in [-0.25, -0.2) is 4.98 Å². The Morgan fingerprint density at radius 2 is 1.93 bits per heavy atom. The molecule has 0 atom stereocenters. The molecular formula is C25H28N4O. The average Bonchev–Trinajstić information content (AvgIpc) is 3.23. The van der Waals surface area contributed by atoms with Crippen molar-refractivity contribution in [3.05, 3.63) is 89.3 Å². The Bertz CT molecular complexity index is 1030. The molecule has 0 spiro atoms. The number of rotatable bonds is 5. The number of imidazole rings is 1. The quantitative estimate of drug-likeness (QED) is 0.598. The van der Waals surface area contributed by atoms with Crippen molar-refractivity contribution in [3.63, 3.8) is 0 Å². The second kappa shape index (κ2) is 9.08. The minimum atomic E-state index is 0.0891. The summed E-state index contributed by atoms with van der Waals surface area (Å²) in [5.41, 5.74) is 4.52. The van der Waals surface area contributed by atoms with Crippen LogP contribution in [0.15, 0.2) is 61.1 Å². The molecule has 0 saturated carbocycles. The summed E-state index contributed by atoms with van der Waals surface area (Å²) in [7, 11) is 0. The minimum absolute atomic E-state index is 0.0891. The van der Waals surface area contributed by atoms with E-state index in [0.29, 0.717) is 5.92 Å². The minimum Gasteiger partial charge on any atom is -0.339 e. The molecule has 1 saturated heterocycles. The fraction of sp³-hybridized carbons (Fsp3) is 0.320. The van der Waals surface area contributed by atoms with Crippen molar-refractivity contribution >= 4 is 12.0 Å². The lowest BCUT2D eigenvalue weighted by Crippen LogP contribution is -2.37. The van der Waals surface area contributed by atoms with Crippen LogP contribution < -0.4 is 0 Å². The van der Waals surface area contributed by atoms with E-state index in [9.17, 15) is 4.79 Å². The van der Waals surface area contributed by atoms with Gasteiger partial charge in [0.15, 0.2) is 0 Å². The molecule has 5 heteroatoms.